The molecule has 1 aliphatic rings. The van der Waals surface area contributed by atoms with Gasteiger partial charge in [-0.2, -0.15) is 11.8 Å². The molecule has 0 bridgehead atoms. The van der Waals surface area contributed by atoms with E-state index in [-0.39, 0.29) is 0 Å². The highest BCUT2D eigenvalue weighted by Crippen LogP contribution is 2.22. The zero-order valence-electron chi connectivity index (χ0n) is 12.3. The summed E-state index contributed by atoms with van der Waals surface area (Å²) in [6.07, 6.45) is 7.41. The second kappa shape index (κ2) is 8.30. The Morgan fingerprint density at radius 3 is 3.10 bits per heavy atom. The molecule has 0 saturated carbocycles. The van der Waals surface area contributed by atoms with Gasteiger partial charge in [-0.1, -0.05) is 13.0 Å². The smallest absolute Gasteiger partial charge is 0.232 e. The summed E-state index contributed by atoms with van der Waals surface area (Å²) in [5, 5.41) is 0. The third-order valence-corrected chi connectivity index (χ3v) is 4.70. The molecule has 0 radical (unpaired) electrons. The average molecular weight is 292 g/mol. The van der Waals surface area contributed by atoms with Crippen LogP contribution in [0, 0.1) is 0 Å². The Balaban J connectivity index is 1.88. The summed E-state index contributed by atoms with van der Waals surface area (Å²) in [4.78, 5) is 18.8. The average Bonchev–Trinajstić information content (AvgIpc) is 2.52. The Morgan fingerprint density at radius 1 is 1.45 bits per heavy atom. The zero-order valence-corrected chi connectivity index (χ0v) is 13.1. The Labute approximate surface area is 126 Å². The van der Waals surface area contributed by atoms with Crippen LogP contribution in [0.3, 0.4) is 0 Å². The summed E-state index contributed by atoms with van der Waals surface area (Å²) in [6.45, 7) is 3.04. The van der Waals surface area contributed by atoms with E-state index in [2.05, 4.69) is 22.9 Å². The highest BCUT2D eigenvalue weighted by molar-refractivity contribution is 7.99. The van der Waals surface area contributed by atoms with E-state index in [0.717, 1.165) is 43.7 Å². The van der Waals surface area contributed by atoms with Crippen LogP contribution >= 0.6 is 11.8 Å². The molecule has 1 aliphatic heterocycles. The van der Waals surface area contributed by atoms with Gasteiger partial charge < -0.3 is 4.90 Å². The minimum atomic E-state index is 0.322. The molecule has 1 aromatic rings. The number of hydrogen-bond donors (Lipinski definition) is 0. The molecule has 2 rings (SSSR count). The van der Waals surface area contributed by atoms with E-state index in [1.54, 1.807) is 11.8 Å². The van der Waals surface area contributed by atoms with Crippen molar-refractivity contribution in [3.8, 4) is 0 Å². The SMILES string of the molecule is CCSCC(=O)N1CCCC[C@H]1CCc1ccccn1. The lowest BCUT2D eigenvalue weighted by molar-refractivity contribution is -0.132. The molecule has 1 fully saturated rings. The van der Waals surface area contributed by atoms with Crippen molar-refractivity contribution in [2.24, 2.45) is 0 Å². The summed E-state index contributed by atoms with van der Waals surface area (Å²) < 4.78 is 0. The molecule has 20 heavy (non-hydrogen) atoms. The number of aromatic nitrogens is 1. The summed E-state index contributed by atoms with van der Waals surface area (Å²) in [5.41, 5.74) is 1.13. The molecule has 0 unspecified atom stereocenters. The number of carbonyl (C=O) groups excluding carboxylic acids is 1. The minimum absolute atomic E-state index is 0.322. The second-order valence-corrected chi connectivity index (χ2v) is 6.51. The number of rotatable bonds is 6. The number of amides is 1. The van der Waals surface area contributed by atoms with Crippen LogP contribution in [0.25, 0.3) is 0 Å². The van der Waals surface area contributed by atoms with Crippen LogP contribution in [-0.2, 0) is 11.2 Å². The Morgan fingerprint density at radius 2 is 2.35 bits per heavy atom. The summed E-state index contributed by atoms with van der Waals surface area (Å²) in [7, 11) is 0. The van der Waals surface area contributed by atoms with Crippen molar-refractivity contribution in [1.29, 1.82) is 0 Å². The number of aryl methyl sites for hydroxylation is 1. The van der Waals surface area contributed by atoms with Crippen LogP contribution in [0.1, 0.15) is 38.3 Å². The van der Waals surface area contributed by atoms with Crippen molar-refractivity contribution >= 4 is 17.7 Å². The third kappa shape index (κ3) is 4.51. The molecular formula is C16H24N2OS. The van der Waals surface area contributed by atoms with Crippen LogP contribution in [0.2, 0.25) is 0 Å². The van der Waals surface area contributed by atoms with Gasteiger partial charge in [-0.25, -0.2) is 0 Å². The molecule has 0 aliphatic carbocycles. The van der Waals surface area contributed by atoms with Crippen molar-refractivity contribution in [1.82, 2.24) is 9.88 Å². The molecule has 0 N–H and O–H groups in total. The number of likely N-dealkylation sites (tertiary alicyclic amines) is 1. The van der Waals surface area contributed by atoms with Crippen molar-refractivity contribution in [2.75, 3.05) is 18.1 Å². The minimum Gasteiger partial charge on any atom is -0.339 e. The molecule has 0 spiro atoms. The van der Waals surface area contributed by atoms with Gasteiger partial charge in [0.05, 0.1) is 5.75 Å². The number of piperidine rings is 1. The van der Waals surface area contributed by atoms with E-state index < -0.39 is 0 Å². The Hall–Kier alpha value is -1.03. The molecule has 110 valence electrons. The normalized spacial score (nSPS) is 19.1. The fourth-order valence-corrected chi connectivity index (χ4v) is 3.31. The van der Waals surface area contributed by atoms with E-state index in [1.807, 2.05) is 18.3 Å². The second-order valence-electron chi connectivity index (χ2n) is 5.23. The number of carbonyl (C=O) groups is 1. The number of nitrogens with zero attached hydrogens (tertiary/aromatic N) is 2. The first-order valence-electron chi connectivity index (χ1n) is 7.58. The van der Waals surface area contributed by atoms with E-state index in [9.17, 15) is 4.79 Å². The monoisotopic (exact) mass is 292 g/mol. The van der Waals surface area contributed by atoms with E-state index in [1.165, 1.54) is 6.42 Å². The van der Waals surface area contributed by atoms with Gasteiger partial charge in [-0.05, 0) is 50.0 Å². The fraction of sp³-hybridized carbons (Fsp3) is 0.625. The van der Waals surface area contributed by atoms with Crippen molar-refractivity contribution in [3.63, 3.8) is 0 Å². The summed E-state index contributed by atoms with van der Waals surface area (Å²) in [6, 6.07) is 6.46. The first-order valence-corrected chi connectivity index (χ1v) is 8.74. The van der Waals surface area contributed by atoms with Crippen LogP contribution in [-0.4, -0.2) is 39.9 Å². The lowest BCUT2D eigenvalue weighted by Crippen LogP contribution is -2.44. The van der Waals surface area contributed by atoms with E-state index in [4.69, 9.17) is 0 Å². The Kier molecular flexibility index (Phi) is 6.37. The van der Waals surface area contributed by atoms with Gasteiger partial charge >= 0.3 is 0 Å². The molecule has 3 nitrogen and oxygen atoms in total. The molecular weight excluding hydrogens is 268 g/mol. The lowest BCUT2D eigenvalue weighted by atomic mass is 9.97. The van der Waals surface area contributed by atoms with Gasteiger partial charge in [0.25, 0.3) is 0 Å². The maximum absolute atomic E-state index is 12.3. The first kappa shape index (κ1) is 15.4. The summed E-state index contributed by atoms with van der Waals surface area (Å²) >= 11 is 1.72. The van der Waals surface area contributed by atoms with Gasteiger partial charge in [-0.3, -0.25) is 9.78 Å². The quantitative estimate of drug-likeness (QED) is 0.807. The van der Waals surface area contributed by atoms with E-state index in [0.29, 0.717) is 17.7 Å². The predicted octanol–water partition coefficient (Wildman–Crippen LogP) is 3.15. The molecule has 2 heterocycles. The van der Waals surface area contributed by atoms with Crippen LogP contribution in [0.15, 0.2) is 24.4 Å². The first-order chi connectivity index (χ1) is 9.81. The highest BCUT2D eigenvalue weighted by Gasteiger charge is 2.25. The van der Waals surface area contributed by atoms with E-state index >= 15 is 0 Å². The van der Waals surface area contributed by atoms with Crippen molar-refractivity contribution in [3.05, 3.63) is 30.1 Å². The zero-order chi connectivity index (χ0) is 14.2. The number of thioether (sulfide) groups is 1. The molecule has 1 aromatic heterocycles. The Bertz CT molecular complexity index is 410. The molecule has 1 atom stereocenters. The topological polar surface area (TPSA) is 33.2 Å². The van der Waals surface area contributed by atoms with Crippen LogP contribution < -0.4 is 0 Å². The standard InChI is InChI=1S/C16H24N2OS/c1-2-20-13-16(19)18-12-6-4-8-15(18)10-9-14-7-3-5-11-17-14/h3,5,7,11,15H,2,4,6,8-10,12-13H2,1H3/t15-/m0/s1. The number of pyridine rings is 1. The maximum Gasteiger partial charge on any atom is 0.232 e. The maximum atomic E-state index is 12.3. The highest BCUT2D eigenvalue weighted by atomic mass is 32.2. The molecule has 1 saturated heterocycles. The summed E-state index contributed by atoms with van der Waals surface area (Å²) in [5.74, 6) is 1.97. The van der Waals surface area contributed by atoms with Crippen LogP contribution in [0.4, 0.5) is 0 Å². The molecule has 4 heteroatoms. The molecule has 1 amide bonds. The largest absolute Gasteiger partial charge is 0.339 e. The molecule has 0 aromatic carbocycles. The predicted molar refractivity (Wildman–Crippen MR) is 84.9 cm³/mol. The lowest BCUT2D eigenvalue weighted by Gasteiger charge is -2.36. The third-order valence-electron chi connectivity index (χ3n) is 3.84. The van der Waals surface area contributed by atoms with Crippen molar-refractivity contribution < 1.29 is 4.79 Å². The van der Waals surface area contributed by atoms with Crippen molar-refractivity contribution in [2.45, 2.75) is 45.1 Å². The van der Waals surface area contributed by atoms with Crippen LogP contribution in [0.5, 0.6) is 0 Å². The van der Waals surface area contributed by atoms with Gasteiger partial charge in [0.2, 0.25) is 5.91 Å². The van der Waals surface area contributed by atoms with Gasteiger partial charge in [0.15, 0.2) is 0 Å². The number of hydrogen-bond acceptors (Lipinski definition) is 3. The van der Waals surface area contributed by atoms with Gasteiger partial charge in [0.1, 0.15) is 0 Å². The fourth-order valence-electron chi connectivity index (χ4n) is 2.76. The van der Waals surface area contributed by atoms with Gasteiger partial charge in [-0.15, -0.1) is 0 Å². The van der Waals surface area contributed by atoms with Gasteiger partial charge in [0, 0.05) is 24.5 Å².